The fraction of sp³-hybridized carbons (Fsp3) is 0.345. The molecule has 1 aromatic heterocycles. The Kier molecular flexibility index (Phi) is 8.48. The summed E-state index contributed by atoms with van der Waals surface area (Å²) in [5.74, 6) is 0. The van der Waals surface area contributed by atoms with Crippen LogP contribution in [0.5, 0.6) is 0 Å². The molecule has 3 aromatic rings. The first-order valence-electron chi connectivity index (χ1n) is 12.0. The highest BCUT2D eigenvalue weighted by atomic mass is 16.2. The van der Waals surface area contributed by atoms with Crippen molar-refractivity contribution < 1.29 is 4.79 Å². The van der Waals surface area contributed by atoms with E-state index in [0.717, 1.165) is 23.1 Å². The van der Waals surface area contributed by atoms with Crippen molar-refractivity contribution in [1.29, 1.82) is 5.26 Å². The van der Waals surface area contributed by atoms with E-state index in [1.54, 1.807) is 23.9 Å². The molecule has 2 amide bonds. The Hall–Kier alpha value is -3.85. The summed E-state index contributed by atoms with van der Waals surface area (Å²) in [6, 6.07) is 25.7. The van der Waals surface area contributed by atoms with Crippen LogP contribution in [0.15, 0.2) is 83.8 Å². The minimum absolute atomic E-state index is 0.0312. The number of urea groups is 1. The first-order valence-corrected chi connectivity index (χ1v) is 12.0. The van der Waals surface area contributed by atoms with Gasteiger partial charge in [0.1, 0.15) is 0 Å². The van der Waals surface area contributed by atoms with Gasteiger partial charge in [0.05, 0.1) is 17.5 Å². The number of nitriles is 1. The lowest BCUT2D eigenvalue weighted by Gasteiger charge is -2.38. The largest absolute Gasteiger partial charge is 0.335 e. The summed E-state index contributed by atoms with van der Waals surface area (Å²) >= 11 is 0. The topological polar surface area (TPSA) is 78.1 Å². The lowest BCUT2D eigenvalue weighted by Crippen LogP contribution is -2.53. The Labute approximate surface area is 207 Å². The minimum atomic E-state index is -0.444. The first-order chi connectivity index (χ1) is 16.7. The van der Waals surface area contributed by atoms with Gasteiger partial charge in [0.15, 0.2) is 0 Å². The third-order valence-corrected chi connectivity index (χ3v) is 6.33. The number of carbonyl (C=O) groups excluding carboxylic acids is 1. The van der Waals surface area contributed by atoms with Crippen LogP contribution < -0.4 is 10.9 Å². The fourth-order valence-corrected chi connectivity index (χ4v) is 4.16. The average Bonchev–Trinajstić information content (AvgIpc) is 2.87. The summed E-state index contributed by atoms with van der Waals surface area (Å²) in [7, 11) is 1.73. The van der Waals surface area contributed by atoms with Crippen LogP contribution in [0, 0.1) is 16.7 Å². The molecule has 182 valence electrons. The fourth-order valence-electron chi connectivity index (χ4n) is 4.16. The van der Waals surface area contributed by atoms with Crippen LogP contribution in [0.25, 0.3) is 11.1 Å². The highest BCUT2D eigenvalue weighted by molar-refractivity contribution is 5.76. The van der Waals surface area contributed by atoms with E-state index in [1.165, 1.54) is 0 Å². The molecule has 2 unspecified atom stereocenters. The molecule has 35 heavy (non-hydrogen) atoms. The van der Waals surface area contributed by atoms with E-state index in [0.29, 0.717) is 13.0 Å². The second kappa shape index (κ2) is 11.5. The maximum Gasteiger partial charge on any atom is 0.318 e. The maximum atomic E-state index is 12.6. The second-order valence-electron chi connectivity index (χ2n) is 9.65. The van der Waals surface area contributed by atoms with E-state index in [4.69, 9.17) is 0 Å². The second-order valence-corrected chi connectivity index (χ2v) is 9.65. The smallest absolute Gasteiger partial charge is 0.318 e. The van der Waals surface area contributed by atoms with Gasteiger partial charge in [0.25, 0.3) is 5.56 Å². The Bertz CT molecular complexity index is 1180. The lowest BCUT2D eigenvalue weighted by atomic mass is 9.85. The van der Waals surface area contributed by atoms with Gasteiger partial charge in [-0.15, -0.1) is 0 Å². The van der Waals surface area contributed by atoms with Gasteiger partial charge in [0, 0.05) is 31.9 Å². The summed E-state index contributed by atoms with van der Waals surface area (Å²) in [5, 5.41) is 12.3. The Balaban J connectivity index is 0.000000497. The number of aromatic nitrogens is 1. The van der Waals surface area contributed by atoms with Crippen LogP contribution in [-0.2, 0) is 7.05 Å². The van der Waals surface area contributed by atoms with Gasteiger partial charge in [-0.2, -0.15) is 5.26 Å². The molecule has 1 aliphatic rings. The molecule has 6 nitrogen and oxygen atoms in total. The molecule has 0 radical (unpaired) electrons. The van der Waals surface area contributed by atoms with Crippen molar-refractivity contribution in [1.82, 2.24) is 14.8 Å². The molecule has 0 aliphatic carbocycles. The highest BCUT2D eigenvalue weighted by Crippen LogP contribution is 2.29. The summed E-state index contributed by atoms with van der Waals surface area (Å²) in [4.78, 5) is 26.3. The monoisotopic (exact) mass is 470 g/mol. The van der Waals surface area contributed by atoms with Crippen LogP contribution in [-0.4, -0.2) is 28.1 Å². The van der Waals surface area contributed by atoms with E-state index >= 15 is 0 Å². The van der Waals surface area contributed by atoms with Crippen molar-refractivity contribution in [3.05, 3.63) is 94.9 Å². The molecule has 1 saturated heterocycles. The first kappa shape index (κ1) is 25.8. The number of pyridine rings is 1. The van der Waals surface area contributed by atoms with Crippen molar-refractivity contribution in [2.75, 3.05) is 6.54 Å². The number of benzene rings is 2. The van der Waals surface area contributed by atoms with Gasteiger partial charge < -0.3 is 14.8 Å². The van der Waals surface area contributed by atoms with Crippen LogP contribution in [0.3, 0.4) is 0 Å². The normalized spacial score (nSPS) is 16.4. The van der Waals surface area contributed by atoms with E-state index in [2.05, 4.69) is 11.4 Å². The minimum Gasteiger partial charge on any atom is -0.335 e. The summed E-state index contributed by atoms with van der Waals surface area (Å²) in [5.41, 5.74) is 2.41. The molecule has 1 N–H and O–H groups in total. The predicted molar refractivity (Wildman–Crippen MR) is 140 cm³/mol. The van der Waals surface area contributed by atoms with Crippen LogP contribution in [0.4, 0.5) is 4.79 Å². The number of nitrogens with one attached hydrogen (secondary N) is 1. The van der Waals surface area contributed by atoms with Gasteiger partial charge in [-0.1, -0.05) is 60.7 Å². The number of hydrogen-bond acceptors (Lipinski definition) is 3. The van der Waals surface area contributed by atoms with E-state index in [1.807, 2.05) is 92.4 Å². The number of nitrogens with zero attached hydrogens (tertiary/aromatic N) is 3. The molecule has 2 atom stereocenters. The molecule has 0 saturated carbocycles. The molecular weight excluding hydrogens is 436 g/mol. The molecular formula is C29H34N4O2. The molecule has 1 aliphatic heterocycles. The number of rotatable bonds is 5. The van der Waals surface area contributed by atoms with Crippen molar-refractivity contribution >= 4 is 6.03 Å². The SMILES string of the molecule is CC(c1ccc(-c2ccn(C)c(=O)c2)cc1)N1CCC(CC(C)(C)C#N)NC1=O.c1ccccc1. The average molecular weight is 471 g/mol. The molecule has 4 rings (SSSR count). The van der Waals surface area contributed by atoms with Gasteiger partial charge in [-0.05, 0) is 56.4 Å². The number of hydrogen-bond donors (Lipinski definition) is 1. The van der Waals surface area contributed by atoms with E-state index < -0.39 is 5.41 Å². The zero-order chi connectivity index (χ0) is 25.4. The van der Waals surface area contributed by atoms with Gasteiger partial charge >= 0.3 is 6.03 Å². The molecule has 0 bridgehead atoms. The highest BCUT2D eigenvalue weighted by Gasteiger charge is 2.32. The number of carbonyl (C=O) groups is 1. The Morgan fingerprint density at radius 2 is 1.63 bits per heavy atom. The lowest BCUT2D eigenvalue weighted by molar-refractivity contribution is 0.147. The van der Waals surface area contributed by atoms with Crippen molar-refractivity contribution in [3.8, 4) is 17.2 Å². The van der Waals surface area contributed by atoms with E-state index in [-0.39, 0.29) is 23.7 Å². The Morgan fingerprint density at radius 1 is 1.03 bits per heavy atom. The van der Waals surface area contributed by atoms with Crippen LogP contribution in [0.1, 0.15) is 45.2 Å². The van der Waals surface area contributed by atoms with Gasteiger partial charge in [0.2, 0.25) is 0 Å². The summed E-state index contributed by atoms with van der Waals surface area (Å²) in [6.07, 6.45) is 3.24. The number of amides is 2. The van der Waals surface area contributed by atoms with Gasteiger partial charge in [-0.25, -0.2) is 4.79 Å². The Morgan fingerprint density at radius 3 is 2.14 bits per heavy atom. The summed E-state index contributed by atoms with van der Waals surface area (Å²) in [6.45, 7) is 6.48. The van der Waals surface area contributed by atoms with Gasteiger partial charge in [-0.3, -0.25) is 4.79 Å². The third-order valence-electron chi connectivity index (χ3n) is 6.33. The summed E-state index contributed by atoms with van der Waals surface area (Å²) < 4.78 is 1.54. The maximum absolute atomic E-state index is 12.6. The van der Waals surface area contributed by atoms with Crippen LogP contribution in [0.2, 0.25) is 0 Å². The molecule has 2 heterocycles. The predicted octanol–water partition coefficient (Wildman–Crippen LogP) is 5.52. The quantitative estimate of drug-likeness (QED) is 0.533. The number of aryl methyl sites for hydroxylation is 1. The molecule has 1 fully saturated rings. The van der Waals surface area contributed by atoms with Crippen LogP contribution >= 0.6 is 0 Å². The molecule has 2 aromatic carbocycles. The molecule has 6 heteroatoms. The molecule has 0 spiro atoms. The van der Waals surface area contributed by atoms with Crippen molar-refractivity contribution in [2.45, 2.75) is 45.7 Å². The zero-order valence-electron chi connectivity index (χ0n) is 20.9. The zero-order valence-corrected chi connectivity index (χ0v) is 20.9. The van der Waals surface area contributed by atoms with Crippen molar-refractivity contribution in [3.63, 3.8) is 0 Å². The van der Waals surface area contributed by atoms with Crippen molar-refractivity contribution in [2.24, 2.45) is 12.5 Å². The van der Waals surface area contributed by atoms with E-state index in [9.17, 15) is 14.9 Å². The standard InChI is InChI=1S/C23H28N4O2.C6H6/c1-16(27-12-10-20(25-22(27)29)14-23(2,3)15-24)17-5-7-18(8-6-17)19-9-11-26(4)21(28)13-19;1-2-4-6-5-3-1/h5-9,11,13,16,20H,10,12,14H2,1-4H3,(H,25,29);1-6H. The third kappa shape index (κ3) is 7.07.